The van der Waals surface area contributed by atoms with Crippen molar-refractivity contribution in [3.8, 4) is 0 Å². The Bertz CT molecular complexity index is 393. The zero-order valence-electron chi connectivity index (χ0n) is 12.3. The van der Waals surface area contributed by atoms with Crippen LogP contribution in [0.4, 0.5) is 0 Å². The van der Waals surface area contributed by atoms with E-state index in [9.17, 15) is 13.5 Å². The number of β-amino-alcohol motifs (C(OH)–C–C–N with tert-alkyl or cyclic N) is 1. The number of rotatable bonds is 6. The summed E-state index contributed by atoms with van der Waals surface area (Å²) in [6, 6.07) is 0. The Hall–Kier alpha value is 0.220. The maximum Gasteiger partial charge on any atom is 0.166 e. The minimum absolute atomic E-state index is 0.188. The topological polar surface area (TPSA) is 57.6 Å². The number of aliphatic hydroxyl groups excluding tert-OH is 1. The lowest BCUT2D eigenvalue weighted by molar-refractivity contribution is 0.0895. The lowest BCUT2D eigenvalue weighted by Gasteiger charge is -2.36. The van der Waals surface area contributed by atoms with E-state index in [1.807, 2.05) is 4.90 Å². The summed E-state index contributed by atoms with van der Waals surface area (Å²) in [4.78, 5) is 1.99. The monoisotopic (exact) mass is 321 g/mol. The molecule has 118 valence electrons. The normalized spacial score (nSPS) is 27.8. The molecule has 20 heavy (non-hydrogen) atoms. The highest BCUT2D eigenvalue weighted by molar-refractivity contribution is 8.01. The van der Waals surface area contributed by atoms with Crippen LogP contribution in [-0.4, -0.2) is 60.3 Å². The fourth-order valence-electron chi connectivity index (χ4n) is 3.32. The summed E-state index contributed by atoms with van der Waals surface area (Å²) in [6.07, 6.45) is 5.47. The van der Waals surface area contributed by atoms with Crippen LogP contribution in [0.5, 0.6) is 0 Å². The first kappa shape index (κ1) is 16.6. The molecule has 1 aliphatic heterocycles. The van der Waals surface area contributed by atoms with Crippen LogP contribution in [0.3, 0.4) is 0 Å². The summed E-state index contributed by atoms with van der Waals surface area (Å²) in [6.45, 7) is 3.00. The molecule has 1 saturated carbocycles. The fourth-order valence-corrected chi connectivity index (χ4v) is 6.41. The molecule has 0 amide bonds. The second-order valence-corrected chi connectivity index (χ2v) is 9.61. The predicted octanol–water partition coefficient (Wildman–Crippen LogP) is 1.74. The Morgan fingerprint density at radius 3 is 2.70 bits per heavy atom. The second kappa shape index (κ2) is 7.47. The molecule has 2 aliphatic rings. The first-order chi connectivity index (χ1) is 9.53. The van der Waals surface area contributed by atoms with Crippen LogP contribution in [-0.2, 0) is 9.84 Å². The maximum absolute atomic E-state index is 12.2. The van der Waals surface area contributed by atoms with Crippen LogP contribution in [0.1, 0.15) is 39.0 Å². The highest BCUT2D eigenvalue weighted by Crippen LogP contribution is 2.29. The van der Waals surface area contributed by atoms with Crippen molar-refractivity contribution in [2.24, 2.45) is 5.92 Å². The predicted molar refractivity (Wildman–Crippen MR) is 84.7 cm³/mol. The van der Waals surface area contributed by atoms with Gasteiger partial charge in [0.25, 0.3) is 0 Å². The molecule has 0 spiro atoms. The largest absolute Gasteiger partial charge is 0.392 e. The minimum Gasteiger partial charge on any atom is -0.392 e. The van der Waals surface area contributed by atoms with Crippen molar-refractivity contribution < 1.29 is 13.5 Å². The van der Waals surface area contributed by atoms with E-state index in [1.54, 1.807) is 18.7 Å². The number of sulfone groups is 1. The molecule has 1 aliphatic carbocycles. The average Bonchev–Trinajstić information content (AvgIpc) is 2.92. The molecule has 0 aromatic carbocycles. The zero-order chi connectivity index (χ0) is 14.6. The Kier molecular flexibility index (Phi) is 6.20. The molecule has 0 radical (unpaired) electrons. The third kappa shape index (κ3) is 4.36. The average molecular weight is 322 g/mol. The van der Waals surface area contributed by atoms with E-state index < -0.39 is 15.2 Å². The van der Waals surface area contributed by atoms with Crippen molar-refractivity contribution in [2.75, 3.05) is 30.3 Å². The first-order valence-corrected chi connectivity index (χ1v) is 10.6. The maximum atomic E-state index is 12.2. The van der Waals surface area contributed by atoms with E-state index in [-0.39, 0.29) is 11.9 Å². The summed E-state index contributed by atoms with van der Waals surface area (Å²) in [7, 11) is -3.05. The standard InChI is InChI=1S/C14H27NO3S2/c1-2-20(17,18)14-11-19-8-7-15(14)10-13(16)9-12-5-3-4-6-12/h12-14,16H,2-11H2,1H3. The van der Waals surface area contributed by atoms with Gasteiger partial charge in [-0.2, -0.15) is 11.8 Å². The van der Waals surface area contributed by atoms with Gasteiger partial charge < -0.3 is 5.11 Å². The van der Waals surface area contributed by atoms with E-state index in [0.29, 0.717) is 18.2 Å². The molecule has 0 aromatic heterocycles. The van der Waals surface area contributed by atoms with Gasteiger partial charge in [-0.3, -0.25) is 4.90 Å². The number of hydrogen-bond acceptors (Lipinski definition) is 5. The molecule has 2 atom stereocenters. The van der Waals surface area contributed by atoms with Gasteiger partial charge in [-0.25, -0.2) is 8.42 Å². The molecule has 2 fully saturated rings. The van der Waals surface area contributed by atoms with Gasteiger partial charge in [0.15, 0.2) is 9.84 Å². The fraction of sp³-hybridized carbons (Fsp3) is 1.00. The first-order valence-electron chi connectivity index (χ1n) is 7.74. The smallest absolute Gasteiger partial charge is 0.166 e. The second-order valence-electron chi connectivity index (χ2n) is 6.02. The number of aliphatic hydroxyl groups is 1. The highest BCUT2D eigenvalue weighted by atomic mass is 32.2. The Balaban J connectivity index is 1.90. The molecule has 4 nitrogen and oxygen atoms in total. The summed E-state index contributed by atoms with van der Waals surface area (Å²) < 4.78 is 24.3. The summed E-state index contributed by atoms with van der Waals surface area (Å²) in [5.74, 6) is 2.44. The number of hydrogen-bond donors (Lipinski definition) is 1. The van der Waals surface area contributed by atoms with Crippen molar-refractivity contribution in [3.05, 3.63) is 0 Å². The third-order valence-electron chi connectivity index (χ3n) is 4.53. The van der Waals surface area contributed by atoms with Gasteiger partial charge in [0, 0.05) is 30.3 Å². The van der Waals surface area contributed by atoms with Crippen molar-refractivity contribution in [2.45, 2.75) is 50.5 Å². The summed E-state index contributed by atoms with van der Waals surface area (Å²) in [5.41, 5.74) is 0. The van der Waals surface area contributed by atoms with Crippen LogP contribution in [0.2, 0.25) is 0 Å². The molecule has 0 aromatic rings. The molecule has 2 rings (SSSR count). The van der Waals surface area contributed by atoms with Crippen LogP contribution >= 0.6 is 11.8 Å². The van der Waals surface area contributed by atoms with Crippen molar-refractivity contribution in [3.63, 3.8) is 0 Å². The lowest BCUT2D eigenvalue weighted by atomic mass is 10.00. The molecular weight excluding hydrogens is 294 g/mol. The summed E-state index contributed by atoms with van der Waals surface area (Å²) >= 11 is 1.71. The number of nitrogens with zero attached hydrogens (tertiary/aromatic N) is 1. The Morgan fingerprint density at radius 2 is 2.05 bits per heavy atom. The van der Waals surface area contributed by atoms with E-state index >= 15 is 0 Å². The molecule has 6 heteroatoms. The summed E-state index contributed by atoms with van der Waals surface area (Å²) in [5, 5.41) is 9.88. The molecule has 1 saturated heterocycles. The molecular formula is C14H27NO3S2. The quantitative estimate of drug-likeness (QED) is 0.807. The zero-order valence-corrected chi connectivity index (χ0v) is 14.0. The van der Waals surface area contributed by atoms with E-state index in [1.165, 1.54) is 25.7 Å². The molecule has 2 unspecified atom stereocenters. The van der Waals surface area contributed by atoms with E-state index in [0.717, 1.165) is 18.7 Å². The van der Waals surface area contributed by atoms with Crippen LogP contribution in [0, 0.1) is 5.92 Å². The molecule has 0 bridgehead atoms. The SMILES string of the molecule is CCS(=O)(=O)C1CSCCN1CC(O)CC1CCCC1. The van der Waals surface area contributed by atoms with Gasteiger partial charge in [0.1, 0.15) is 5.37 Å². The van der Waals surface area contributed by atoms with Crippen molar-refractivity contribution in [1.29, 1.82) is 0 Å². The van der Waals surface area contributed by atoms with Crippen molar-refractivity contribution in [1.82, 2.24) is 4.90 Å². The van der Waals surface area contributed by atoms with Crippen LogP contribution in [0.15, 0.2) is 0 Å². The van der Waals surface area contributed by atoms with Crippen LogP contribution in [0.25, 0.3) is 0 Å². The van der Waals surface area contributed by atoms with Gasteiger partial charge in [0.2, 0.25) is 0 Å². The van der Waals surface area contributed by atoms with Gasteiger partial charge in [-0.1, -0.05) is 32.6 Å². The van der Waals surface area contributed by atoms with Crippen molar-refractivity contribution >= 4 is 21.6 Å². The highest BCUT2D eigenvalue weighted by Gasteiger charge is 2.34. The van der Waals surface area contributed by atoms with Gasteiger partial charge in [0.05, 0.1) is 6.10 Å². The number of thioether (sulfide) groups is 1. The van der Waals surface area contributed by atoms with Gasteiger partial charge in [-0.05, 0) is 12.3 Å². The minimum atomic E-state index is -3.05. The third-order valence-corrected chi connectivity index (χ3v) is 7.87. The molecule has 1 N–H and O–H groups in total. The lowest BCUT2D eigenvalue weighted by Crippen LogP contribution is -2.50. The van der Waals surface area contributed by atoms with Gasteiger partial charge in [-0.15, -0.1) is 0 Å². The van der Waals surface area contributed by atoms with Crippen LogP contribution < -0.4 is 0 Å². The van der Waals surface area contributed by atoms with E-state index in [4.69, 9.17) is 0 Å². The Labute approximate surface area is 127 Å². The molecule has 1 heterocycles. The van der Waals surface area contributed by atoms with Gasteiger partial charge >= 0.3 is 0 Å². The van der Waals surface area contributed by atoms with E-state index in [2.05, 4.69) is 0 Å². The Morgan fingerprint density at radius 1 is 1.35 bits per heavy atom.